The molecular formula is C12H22N2O3S. The standard InChI is InChI=1S/C12H22N2O3S/c1-4-9(2)14(7-10(15)16)11(17)13-8-12(18-3)5-6-12/h9H,4-8H2,1-3H3,(H,13,17)(H,15,16). The highest BCUT2D eigenvalue weighted by atomic mass is 32.2. The number of carboxylic acid groups (broad SMARTS) is 1. The van der Waals surface area contributed by atoms with Crippen molar-refractivity contribution in [2.24, 2.45) is 0 Å². The van der Waals surface area contributed by atoms with Crippen LogP contribution < -0.4 is 5.32 Å². The molecule has 1 atom stereocenters. The molecule has 0 aromatic heterocycles. The summed E-state index contributed by atoms with van der Waals surface area (Å²) >= 11 is 1.77. The van der Waals surface area contributed by atoms with E-state index in [1.807, 2.05) is 20.1 Å². The minimum Gasteiger partial charge on any atom is -0.480 e. The highest BCUT2D eigenvalue weighted by Crippen LogP contribution is 2.46. The van der Waals surface area contributed by atoms with Gasteiger partial charge < -0.3 is 15.3 Å². The van der Waals surface area contributed by atoms with Gasteiger partial charge in [0.25, 0.3) is 0 Å². The van der Waals surface area contributed by atoms with Crippen molar-refractivity contribution in [1.29, 1.82) is 0 Å². The van der Waals surface area contributed by atoms with Crippen molar-refractivity contribution in [3.63, 3.8) is 0 Å². The molecule has 0 aliphatic heterocycles. The quantitative estimate of drug-likeness (QED) is 0.742. The summed E-state index contributed by atoms with van der Waals surface area (Å²) in [6, 6.07) is -0.336. The van der Waals surface area contributed by atoms with Gasteiger partial charge in [0.2, 0.25) is 0 Å². The second-order valence-electron chi connectivity index (χ2n) is 4.82. The maximum absolute atomic E-state index is 12.0. The molecule has 0 heterocycles. The third-order valence-electron chi connectivity index (χ3n) is 3.49. The first kappa shape index (κ1) is 15.1. The fraction of sp³-hybridized carbons (Fsp3) is 0.833. The van der Waals surface area contributed by atoms with E-state index in [1.165, 1.54) is 4.90 Å². The number of aliphatic carboxylic acids is 1. The molecule has 2 N–H and O–H groups in total. The van der Waals surface area contributed by atoms with Crippen LogP contribution in [0, 0.1) is 0 Å². The minimum atomic E-state index is -0.976. The summed E-state index contributed by atoms with van der Waals surface area (Å²) in [4.78, 5) is 24.2. The molecule has 1 fully saturated rings. The van der Waals surface area contributed by atoms with E-state index in [2.05, 4.69) is 5.32 Å². The number of carbonyl (C=O) groups is 2. The van der Waals surface area contributed by atoms with E-state index in [0.717, 1.165) is 19.3 Å². The van der Waals surface area contributed by atoms with Gasteiger partial charge >= 0.3 is 12.0 Å². The molecule has 0 bridgehead atoms. The van der Waals surface area contributed by atoms with Crippen LogP contribution in [0.5, 0.6) is 0 Å². The van der Waals surface area contributed by atoms with Crippen LogP contribution in [-0.2, 0) is 4.79 Å². The van der Waals surface area contributed by atoms with Gasteiger partial charge in [-0.25, -0.2) is 4.79 Å². The molecule has 1 rings (SSSR count). The Morgan fingerprint density at radius 3 is 2.50 bits per heavy atom. The van der Waals surface area contributed by atoms with Crippen LogP contribution in [0.4, 0.5) is 4.79 Å². The van der Waals surface area contributed by atoms with E-state index >= 15 is 0 Å². The van der Waals surface area contributed by atoms with Crippen LogP contribution >= 0.6 is 11.8 Å². The summed E-state index contributed by atoms with van der Waals surface area (Å²) in [5, 5.41) is 11.7. The van der Waals surface area contributed by atoms with Gasteiger partial charge in [-0.1, -0.05) is 6.92 Å². The van der Waals surface area contributed by atoms with E-state index in [9.17, 15) is 9.59 Å². The Kier molecular flexibility index (Phi) is 5.31. The number of carbonyl (C=O) groups excluding carboxylic acids is 1. The molecule has 0 aromatic rings. The Morgan fingerprint density at radius 1 is 1.50 bits per heavy atom. The van der Waals surface area contributed by atoms with Crippen LogP contribution in [-0.4, -0.2) is 52.1 Å². The molecule has 1 aliphatic carbocycles. The van der Waals surface area contributed by atoms with Gasteiger partial charge in [-0.3, -0.25) is 4.79 Å². The van der Waals surface area contributed by atoms with Gasteiger partial charge in [-0.15, -0.1) is 0 Å². The number of nitrogens with one attached hydrogen (secondary N) is 1. The zero-order chi connectivity index (χ0) is 13.8. The molecule has 104 valence electrons. The topological polar surface area (TPSA) is 69.6 Å². The van der Waals surface area contributed by atoms with E-state index in [4.69, 9.17) is 5.11 Å². The van der Waals surface area contributed by atoms with Gasteiger partial charge in [0.15, 0.2) is 0 Å². The van der Waals surface area contributed by atoms with Crippen molar-refractivity contribution in [3.05, 3.63) is 0 Å². The number of hydrogen-bond acceptors (Lipinski definition) is 3. The molecule has 1 aliphatic rings. The highest BCUT2D eigenvalue weighted by Gasteiger charge is 2.42. The number of rotatable bonds is 7. The van der Waals surface area contributed by atoms with Crippen molar-refractivity contribution >= 4 is 23.8 Å². The van der Waals surface area contributed by atoms with Gasteiger partial charge in [0.1, 0.15) is 6.54 Å². The summed E-state index contributed by atoms with van der Waals surface area (Å²) in [6.45, 7) is 4.19. The highest BCUT2D eigenvalue weighted by molar-refractivity contribution is 8.00. The van der Waals surface area contributed by atoms with Crippen LogP contribution in [0.1, 0.15) is 33.1 Å². The first-order valence-corrected chi connectivity index (χ1v) is 7.48. The lowest BCUT2D eigenvalue weighted by Crippen LogP contribution is -2.48. The average molecular weight is 274 g/mol. The number of hydrogen-bond donors (Lipinski definition) is 2. The maximum atomic E-state index is 12.0. The van der Waals surface area contributed by atoms with Crippen LogP contribution in [0.15, 0.2) is 0 Å². The smallest absolute Gasteiger partial charge is 0.323 e. The largest absolute Gasteiger partial charge is 0.480 e. The van der Waals surface area contributed by atoms with Crippen molar-refractivity contribution < 1.29 is 14.7 Å². The van der Waals surface area contributed by atoms with Crippen molar-refractivity contribution in [3.8, 4) is 0 Å². The number of amides is 2. The molecule has 6 heteroatoms. The first-order chi connectivity index (χ1) is 8.44. The van der Waals surface area contributed by atoms with Crippen LogP contribution in [0.25, 0.3) is 0 Å². The Labute approximate surface area is 112 Å². The predicted molar refractivity (Wildman–Crippen MR) is 73.0 cm³/mol. The Bertz CT molecular complexity index is 318. The van der Waals surface area contributed by atoms with Crippen LogP contribution in [0.3, 0.4) is 0 Å². The van der Waals surface area contributed by atoms with Crippen LogP contribution in [0.2, 0.25) is 0 Å². The molecule has 0 aromatic carbocycles. The van der Waals surface area contributed by atoms with Gasteiger partial charge in [-0.05, 0) is 32.4 Å². The molecule has 2 amide bonds. The van der Waals surface area contributed by atoms with E-state index < -0.39 is 5.97 Å². The predicted octanol–water partition coefficient (Wildman–Crippen LogP) is 1.78. The fourth-order valence-corrected chi connectivity index (χ4v) is 2.45. The Balaban J connectivity index is 2.50. The van der Waals surface area contributed by atoms with E-state index in [-0.39, 0.29) is 23.4 Å². The molecule has 0 spiro atoms. The second-order valence-corrected chi connectivity index (χ2v) is 6.10. The van der Waals surface area contributed by atoms with Crippen molar-refractivity contribution in [1.82, 2.24) is 10.2 Å². The summed E-state index contributed by atoms with van der Waals surface area (Å²) in [5.74, 6) is -0.976. The van der Waals surface area contributed by atoms with Gasteiger partial charge in [0, 0.05) is 17.3 Å². The lowest BCUT2D eigenvalue weighted by atomic mass is 10.2. The summed E-state index contributed by atoms with van der Waals surface area (Å²) < 4.78 is 0.194. The zero-order valence-electron chi connectivity index (χ0n) is 11.2. The van der Waals surface area contributed by atoms with E-state index in [0.29, 0.717) is 6.54 Å². The first-order valence-electron chi connectivity index (χ1n) is 6.25. The minimum absolute atomic E-state index is 0.0643. The molecule has 0 radical (unpaired) electrons. The average Bonchev–Trinajstić information content (AvgIpc) is 3.12. The second kappa shape index (κ2) is 6.31. The molecule has 1 saturated carbocycles. The number of urea groups is 1. The monoisotopic (exact) mass is 274 g/mol. The normalized spacial score (nSPS) is 17.9. The summed E-state index contributed by atoms with van der Waals surface area (Å²) in [6.07, 6.45) is 5.03. The number of carboxylic acids is 1. The third-order valence-corrected chi connectivity index (χ3v) is 4.91. The summed E-state index contributed by atoms with van der Waals surface area (Å²) in [5.41, 5.74) is 0. The summed E-state index contributed by atoms with van der Waals surface area (Å²) in [7, 11) is 0. The Hall–Kier alpha value is -0.910. The lowest BCUT2D eigenvalue weighted by Gasteiger charge is -2.28. The molecule has 5 nitrogen and oxygen atoms in total. The lowest BCUT2D eigenvalue weighted by molar-refractivity contribution is -0.138. The maximum Gasteiger partial charge on any atom is 0.323 e. The zero-order valence-corrected chi connectivity index (χ0v) is 12.0. The van der Waals surface area contributed by atoms with Crippen molar-refractivity contribution in [2.75, 3.05) is 19.3 Å². The Morgan fingerprint density at radius 2 is 2.11 bits per heavy atom. The molecule has 1 unspecified atom stereocenters. The SMILES string of the molecule is CCC(C)N(CC(=O)O)C(=O)NCC1(SC)CC1. The van der Waals surface area contributed by atoms with Gasteiger partial charge in [-0.2, -0.15) is 11.8 Å². The number of nitrogens with zero attached hydrogens (tertiary/aromatic N) is 1. The number of thioether (sulfide) groups is 1. The van der Waals surface area contributed by atoms with Crippen molar-refractivity contribution in [2.45, 2.75) is 43.9 Å². The van der Waals surface area contributed by atoms with E-state index in [1.54, 1.807) is 11.8 Å². The molecule has 18 heavy (non-hydrogen) atoms. The molecular weight excluding hydrogens is 252 g/mol. The fourth-order valence-electron chi connectivity index (χ4n) is 1.72. The van der Waals surface area contributed by atoms with Gasteiger partial charge in [0.05, 0.1) is 0 Å². The third kappa shape index (κ3) is 4.08. The molecule has 0 saturated heterocycles.